The summed E-state index contributed by atoms with van der Waals surface area (Å²) in [5, 5.41) is 5.80. The van der Waals surface area contributed by atoms with E-state index in [0.29, 0.717) is 38.5 Å². The van der Waals surface area contributed by atoms with E-state index in [4.69, 9.17) is 51.1 Å². The fraction of sp³-hybridized carbons (Fsp3) is 0.359. The van der Waals surface area contributed by atoms with Gasteiger partial charge in [-0.3, -0.25) is 0 Å². The number of nitrogens with one attached hydrogen (secondary N) is 1. The lowest BCUT2D eigenvalue weighted by Crippen LogP contribution is -2.36. The molecule has 0 aromatic heterocycles. The number of hydrogen-bond donors (Lipinski definition) is 1. The van der Waals surface area contributed by atoms with Gasteiger partial charge in [0.25, 0.3) is 0 Å². The van der Waals surface area contributed by atoms with Crippen molar-refractivity contribution in [2.75, 3.05) is 27.2 Å². The molecule has 0 bridgehead atoms. The summed E-state index contributed by atoms with van der Waals surface area (Å²) in [4.78, 5) is 14.0. The van der Waals surface area contributed by atoms with Crippen molar-refractivity contribution in [1.82, 2.24) is 10.2 Å². The molecule has 256 valence electrons. The van der Waals surface area contributed by atoms with Crippen LogP contribution in [0, 0.1) is 0 Å². The number of ether oxygens (including phenoxy) is 1. The Kier molecular flexibility index (Phi) is 13.2. The number of halogens is 5. The first-order chi connectivity index (χ1) is 22.4. The number of rotatable bonds is 6. The first-order valence-corrected chi connectivity index (χ1v) is 17.5. The van der Waals surface area contributed by atoms with Crippen molar-refractivity contribution in [3.05, 3.63) is 138 Å². The number of hydrogen-bond acceptors (Lipinski definition) is 3. The quantitative estimate of drug-likeness (QED) is 0.213. The molecular weight excluding hydrogens is 706 g/mol. The zero-order valence-electron chi connectivity index (χ0n) is 27.9. The second-order valence-corrected chi connectivity index (χ2v) is 15.0. The van der Waals surface area contributed by atoms with Crippen LogP contribution >= 0.6 is 58.8 Å². The van der Waals surface area contributed by atoms with E-state index in [-0.39, 0.29) is 30.3 Å². The predicted octanol–water partition coefficient (Wildman–Crippen LogP) is 11.7. The standard InChI is InChI=1S/C22H25Cl2NO2.C17H17Cl2N.ClH/c1-22(2,3)27-21(26)25(4)13-14-12-18(16-9-6-5-8-15(14)16)17-10-7-11-19(23)20(17)24;1-20-10-11-9-15(13-6-3-2-5-12(11)13)14-7-4-8-16(18)17(14)19;/h5-11,14,18H,12-13H2,1-4H3;2-8,11,15,20H,9-10H2,1H3;1H. The van der Waals surface area contributed by atoms with Crippen LogP contribution in [0.2, 0.25) is 20.1 Å². The highest BCUT2D eigenvalue weighted by Gasteiger charge is 2.35. The number of benzene rings is 4. The number of carbonyl (C=O) groups is 1. The van der Waals surface area contributed by atoms with Gasteiger partial charge in [-0.25, -0.2) is 4.79 Å². The topological polar surface area (TPSA) is 41.6 Å². The molecule has 48 heavy (non-hydrogen) atoms. The molecular formula is C39H43Cl5N2O2. The summed E-state index contributed by atoms with van der Waals surface area (Å²) >= 11 is 25.3. The Labute approximate surface area is 311 Å². The Bertz CT molecular complexity index is 1720. The lowest BCUT2D eigenvalue weighted by molar-refractivity contribution is 0.0288. The third-order valence-electron chi connectivity index (χ3n) is 9.03. The maximum Gasteiger partial charge on any atom is 0.410 e. The van der Waals surface area contributed by atoms with Crippen LogP contribution in [0.1, 0.15) is 90.7 Å². The molecule has 4 aromatic rings. The van der Waals surface area contributed by atoms with Gasteiger partial charge in [-0.05, 0) is 92.1 Å². The van der Waals surface area contributed by atoms with E-state index in [0.717, 1.165) is 30.5 Å². The highest BCUT2D eigenvalue weighted by Crippen LogP contribution is 2.49. The van der Waals surface area contributed by atoms with E-state index >= 15 is 0 Å². The van der Waals surface area contributed by atoms with E-state index < -0.39 is 5.60 Å². The average Bonchev–Trinajstić information content (AvgIpc) is 3.58. The minimum absolute atomic E-state index is 0. The summed E-state index contributed by atoms with van der Waals surface area (Å²) in [6.45, 7) is 7.22. The number of fused-ring (bicyclic) bond motifs is 2. The fourth-order valence-electron chi connectivity index (χ4n) is 7.00. The first kappa shape index (κ1) is 38.4. The Morgan fingerprint density at radius 3 is 1.58 bits per heavy atom. The molecule has 0 aliphatic heterocycles. The second kappa shape index (κ2) is 16.5. The summed E-state index contributed by atoms with van der Waals surface area (Å²) in [7, 11) is 3.79. The van der Waals surface area contributed by atoms with Crippen molar-refractivity contribution in [2.45, 2.75) is 62.9 Å². The fourth-order valence-corrected chi connectivity index (χ4v) is 7.88. The number of carbonyl (C=O) groups excluding carboxylic acids is 1. The van der Waals surface area contributed by atoms with Gasteiger partial charge in [-0.1, -0.05) is 119 Å². The number of amides is 1. The summed E-state index contributed by atoms with van der Waals surface area (Å²) in [5.74, 6) is 1.27. The Morgan fingerprint density at radius 2 is 1.12 bits per heavy atom. The van der Waals surface area contributed by atoms with Crippen molar-refractivity contribution in [1.29, 1.82) is 0 Å². The van der Waals surface area contributed by atoms with Crippen LogP contribution in [-0.2, 0) is 4.74 Å². The van der Waals surface area contributed by atoms with Crippen LogP contribution in [0.4, 0.5) is 4.79 Å². The average molecular weight is 749 g/mol. The van der Waals surface area contributed by atoms with Gasteiger partial charge >= 0.3 is 6.09 Å². The van der Waals surface area contributed by atoms with Gasteiger partial charge < -0.3 is 15.0 Å². The highest BCUT2D eigenvalue weighted by molar-refractivity contribution is 6.43. The monoisotopic (exact) mass is 746 g/mol. The van der Waals surface area contributed by atoms with Crippen LogP contribution < -0.4 is 5.32 Å². The van der Waals surface area contributed by atoms with Crippen LogP contribution in [-0.4, -0.2) is 43.8 Å². The molecule has 0 heterocycles. The van der Waals surface area contributed by atoms with Crippen molar-refractivity contribution >= 4 is 64.9 Å². The molecule has 6 rings (SSSR count). The lowest BCUT2D eigenvalue weighted by atomic mass is 9.92. The molecule has 0 fully saturated rings. The van der Waals surface area contributed by atoms with E-state index in [1.807, 2.05) is 70.3 Å². The van der Waals surface area contributed by atoms with E-state index in [1.54, 1.807) is 11.9 Å². The SMILES string of the molecule is CN(CC1CC(c2cccc(Cl)c2Cl)c2ccccc21)C(=O)OC(C)(C)C.CNCC1CC(c2cccc(Cl)c2Cl)c2ccccc21.Cl. The summed E-state index contributed by atoms with van der Waals surface area (Å²) in [5.41, 5.74) is 7.01. The maximum atomic E-state index is 12.4. The van der Waals surface area contributed by atoms with Crippen LogP contribution in [0.25, 0.3) is 0 Å². The van der Waals surface area contributed by atoms with Crippen LogP contribution in [0.15, 0.2) is 84.9 Å². The van der Waals surface area contributed by atoms with Gasteiger partial charge in [0.15, 0.2) is 0 Å². The molecule has 4 aromatic carbocycles. The van der Waals surface area contributed by atoms with Crippen molar-refractivity contribution in [3.63, 3.8) is 0 Å². The van der Waals surface area contributed by atoms with Crippen molar-refractivity contribution in [3.8, 4) is 0 Å². The normalized spacial score (nSPS) is 19.4. The third kappa shape index (κ3) is 8.64. The minimum Gasteiger partial charge on any atom is -0.444 e. The van der Waals surface area contributed by atoms with Gasteiger partial charge in [-0.2, -0.15) is 0 Å². The molecule has 0 radical (unpaired) electrons. The summed E-state index contributed by atoms with van der Waals surface area (Å²) < 4.78 is 5.49. The predicted molar refractivity (Wildman–Crippen MR) is 204 cm³/mol. The van der Waals surface area contributed by atoms with E-state index in [2.05, 4.69) is 47.8 Å². The zero-order chi connectivity index (χ0) is 33.9. The summed E-state index contributed by atoms with van der Waals surface area (Å²) in [6, 6.07) is 28.7. The Balaban J connectivity index is 0.000000221. The van der Waals surface area contributed by atoms with Gasteiger partial charge in [0.2, 0.25) is 0 Å². The Morgan fingerprint density at radius 1 is 0.708 bits per heavy atom. The zero-order valence-corrected chi connectivity index (χ0v) is 31.7. The molecule has 0 spiro atoms. The van der Waals surface area contributed by atoms with Gasteiger partial charge in [0.05, 0.1) is 20.1 Å². The molecule has 4 unspecified atom stereocenters. The molecule has 0 saturated carbocycles. The summed E-state index contributed by atoms with van der Waals surface area (Å²) in [6.07, 6.45) is 1.66. The molecule has 2 aliphatic carbocycles. The Hall–Kier alpha value is -2.44. The molecule has 1 N–H and O–H groups in total. The van der Waals surface area contributed by atoms with E-state index in [1.165, 1.54) is 22.3 Å². The molecule has 2 aliphatic rings. The third-order valence-corrected chi connectivity index (χ3v) is 10.7. The van der Waals surface area contributed by atoms with Crippen LogP contribution in [0.3, 0.4) is 0 Å². The minimum atomic E-state index is -0.504. The van der Waals surface area contributed by atoms with Crippen molar-refractivity contribution < 1.29 is 9.53 Å². The van der Waals surface area contributed by atoms with Gasteiger partial charge in [-0.15, -0.1) is 12.4 Å². The molecule has 1 amide bonds. The molecule has 4 atom stereocenters. The van der Waals surface area contributed by atoms with Gasteiger partial charge in [0, 0.05) is 37.9 Å². The number of nitrogens with zero attached hydrogens (tertiary/aromatic N) is 1. The number of likely N-dealkylation sites (N-methyl/N-ethyl adjacent to an activating group) is 2. The van der Waals surface area contributed by atoms with Gasteiger partial charge in [0.1, 0.15) is 5.60 Å². The lowest BCUT2D eigenvalue weighted by Gasteiger charge is -2.26. The molecule has 0 saturated heterocycles. The second-order valence-electron chi connectivity index (χ2n) is 13.4. The largest absolute Gasteiger partial charge is 0.444 e. The highest BCUT2D eigenvalue weighted by atomic mass is 35.5. The first-order valence-electron chi connectivity index (χ1n) is 16.0. The van der Waals surface area contributed by atoms with Crippen molar-refractivity contribution in [2.24, 2.45) is 0 Å². The molecule has 4 nitrogen and oxygen atoms in total. The maximum absolute atomic E-state index is 12.4. The van der Waals surface area contributed by atoms with Crippen LogP contribution in [0.5, 0.6) is 0 Å². The molecule has 9 heteroatoms. The van der Waals surface area contributed by atoms with E-state index in [9.17, 15) is 4.79 Å². The smallest absolute Gasteiger partial charge is 0.410 e.